The van der Waals surface area contributed by atoms with Gasteiger partial charge in [0, 0.05) is 30.8 Å². The first-order valence-corrected chi connectivity index (χ1v) is 5.51. The van der Waals surface area contributed by atoms with E-state index in [0.29, 0.717) is 11.1 Å². The molecule has 0 saturated heterocycles. The van der Waals surface area contributed by atoms with E-state index in [1.165, 1.54) is 23.1 Å². The van der Waals surface area contributed by atoms with E-state index in [2.05, 4.69) is 0 Å². The first kappa shape index (κ1) is 14.1. The van der Waals surface area contributed by atoms with Gasteiger partial charge in [-0.05, 0) is 26.0 Å². The molecule has 0 radical (unpaired) electrons. The minimum absolute atomic E-state index is 0.00951. The number of aliphatic hydroxyl groups excluding tert-OH is 1. The number of carbonyl (C=O) groups excluding carboxylic acids is 1. The number of aliphatic hydroxyl groups is 1. The van der Waals surface area contributed by atoms with Gasteiger partial charge in [0.05, 0.1) is 11.0 Å². The van der Waals surface area contributed by atoms with Crippen LogP contribution in [0.4, 0.5) is 5.69 Å². The van der Waals surface area contributed by atoms with Crippen molar-refractivity contribution in [1.29, 1.82) is 0 Å². The Morgan fingerprint density at radius 3 is 2.61 bits per heavy atom. The third-order valence-electron chi connectivity index (χ3n) is 2.53. The zero-order valence-electron chi connectivity index (χ0n) is 10.6. The second kappa shape index (κ2) is 5.59. The molecular formula is C12H16N2O4. The van der Waals surface area contributed by atoms with E-state index in [-0.39, 0.29) is 18.1 Å². The zero-order valence-corrected chi connectivity index (χ0v) is 10.6. The first-order chi connectivity index (χ1) is 8.32. The van der Waals surface area contributed by atoms with Crippen molar-refractivity contribution in [3.05, 3.63) is 39.4 Å². The standard InChI is InChI=1S/C12H16N2O4/c1-8-6-10(4-5-11(8)14(17)18)12(16)13(3)7-9(2)15/h4-6,9,15H,7H2,1-3H3. The summed E-state index contributed by atoms with van der Waals surface area (Å²) in [6.45, 7) is 3.39. The van der Waals surface area contributed by atoms with Gasteiger partial charge >= 0.3 is 0 Å². The molecule has 6 heteroatoms. The van der Waals surface area contributed by atoms with Gasteiger partial charge in [-0.15, -0.1) is 0 Å². The van der Waals surface area contributed by atoms with Crippen LogP contribution in [-0.4, -0.2) is 40.5 Å². The van der Waals surface area contributed by atoms with Crippen LogP contribution < -0.4 is 0 Å². The molecule has 1 aromatic carbocycles. The van der Waals surface area contributed by atoms with Crippen LogP contribution in [0, 0.1) is 17.0 Å². The number of amides is 1. The average molecular weight is 252 g/mol. The third kappa shape index (κ3) is 3.27. The van der Waals surface area contributed by atoms with Gasteiger partial charge in [-0.1, -0.05) is 0 Å². The highest BCUT2D eigenvalue weighted by Crippen LogP contribution is 2.19. The molecule has 0 fully saturated rings. The van der Waals surface area contributed by atoms with Gasteiger partial charge in [0.2, 0.25) is 0 Å². The Kier molecular flexibility index (Phi) is 4.38. The maximum Gasteiger partial charge on any atom is 0.272 e. The van der Waals surface area contributed by atoms with Crippen molar-refractivity contribution in [3.8, 4) is 0 Å². The molecule has 0 heterocycles. The van der Waals surface area contributed by atoms with Crippen LogP contribution in [0.1, 0.15) is 22.8 Å². The first-order valence-electron chi connectivity index (χ1n) is 5.51. The Hall–Kier alpha value is -1.95. The predicted octanol–water partition coefficient (Wildman–Crippen LogP) is 1.36. The maximum atomic E-state index is 12.0. The van der Waals surface area contributed by atoms with Crippen LogP contribution in [0.2, 0.25) is 0 Å². The van der Waals surface area contributed by atoms with Gasteiger partial charge in [-0.25, -0.2) is 0 Å². The van der Waals surface area contributed by atoms with Gasteiger partial charge in [-0.3, -0.25) is 14.9 Å². The molecule has 0 bridgehead atoms. The Bertz CT molecular complexity index is 471. The highest BCUT2D eigenvalue weighted by molar-refractivity contribution is 5.94. The zero-order chi connectivity index (χ0) is 13.9. The summed E-state index contributed by atoms with van der Waals surface area (Å²) in [5.41, 5.74) is 0.808. The van der Waals surface area contributed by atoms with Crippen molar-refractivity contribution in [2.24, 2.45) is 0 Å². The molecule has 0 spiro atoms. The number of benzene rings is 1. The van der Waals surface area contributed by atoms with E-state index >= 15 is 0 Å². The fourth-order valence-corrected chi connectivity index (χ4v) is 1.69. The summed E-state index contributed by atoms with van der Waals surface area (Å²) in [6, 6.07) is 4.23. The highest BCUT2D eigenvalue weighted by atomic mass is 16.6. The van der Waals surface area contributed by atoms with Crippen molar-refractivity contribution in [2.45, 2.75) is 20.0 Å². The fourth-order valence-electron chi connectivity index (χ4n) is 1.69. The number of hydrogen-bond donors (Lipinski definition) is 1. The number of nitrogens with zero attached hydrogens (tertiary/aromatic N) is 2. The summed E-state index contributed by atoms with van der Waals surface area (Å²) in [5.74, 6) is -0.270. The lowest BCUT2D eigenvalue weighted by molar-refractivity contribution is -0.385. The number of carbonyl (C=O) groups is 1. The molecule has 1 unspecified atom stereocenters. The molecule has 1 N–H and O–H groups in total. The van der Waals surface area contributed by atoms with Crippen molar-refractivity contribution in [2.75, 3.05) is 13.6 Å². The quantitative estimate of drug-likeness (QED) is 0.647. The van der Waals surface area contributed by atoms with Crippen molar-refractivity contribution < 1.29 is 14.8 Å². The summed E-state index contributed by atoms with van der Waals surface area (Å²) >= 11 is 0. The lowest BCUT2D eigenvalue weighted by atomic mass is 10.1. The lowest BCUT2D eigenvalue weighted by Gasteiger charge is -2.18. The number of aryl methyl sites for hydroxylation is 1. The fraction of sp³-hybridized carbons (Fsp3) is 0.417. The number of nitro groups is 1. The molecule has 18 heavy (non-hydrogen) atoms. The Balaban J connectivity index is 2.94. The van der Waals surface area contributed by atoms with Crippen LogP contribution in [0.25, 0.3) is 0 Å². The molecular weight excluding hydrogens is 236 g/mol. The van der Waals surface area contributed by atoms with Gasteiger partial charge in [0.25, 0.3) is 11.6 Å². The van der Waals surface area contributed by atoms with Crippen LogP contribution in [-0.2, 0) is 0 Å². The molecule has 1 aromatic rings. The Morgan fingerprint density at radius 1 is 1.56 bits per heavy atom. The number of likely N-dealkylation sites (N-methyl/N-ethyl adjacent to an activating group) is 1. The molecule has 0 aliphatic carbocycles. The van der Waals surface area contributed by atoms with E-state index in [1.54, 1.807) is 20.9 Å². The third-order valence-corrected chi connectivity index (χ3v) is 2.53. The predicted molar refractivity (Wildman–Crippen MR) is 66.5 cm³/mol. The summed E-state index contributed by atoms with van der Waals surface area (Å²) < 4.78 is 0. The second-order valence-corrected chi connectivity index (χ2v) is 4.29. The largest absolute Gasteiger partial charge is 0.392 e. The van der Waals surface area contributed by atoms with Crippen molar-refractivity contribution in [3.63, 3.8) is 0 Å². The lowest BCUT2D eigenvalue weighted by Crippen LogP contribution is -2.33. The van der Waals surface area contributed by atoms with E-state index in [0.717, 1.165) is 0 Å². The normalized spacial score (nSPS) is 12.0. The van der Waals surface area contributed by atoms with Gasteiger partial charge < -0.3 is 10.0 Å². The second-order valence-electron chi connectivity index (χ2n) is 4.29. The maximum absolute atomic E-state index is 12.0. The molecule has 0 aromatic heterocycles. The van der Waals surface area contributed by atoms with Crippen molar-refractivity contribution in [1.82, 2.24) is 4.90 Å². The molecule has 1 rings (SSSR count). The summed E-state index contributed by atoms with van der Waals surface area (Å²) in [5, 5.41) is 19.9. The topological polar surface area (TPSA) is 83.7 Å². The molecule has 1 atom stereocenters. The number of hydrogen-bond acceptors (Lipinski definition) is 4. The van der Waals surface area contributed by atoms with E-state index in [4.69, 9.17) is 0 Å². The molecule has 6 nitrogen and oxygen atoms in total. The van der Waals surface area contributed by atoms with Crippen LogP contribution in [0.3, 0.4) is 0 Å². The minimum atomic E-state index is -0.613. The van der Waals surface area contributed by atoms with Gasteiger partial charge in [-0.2, -0.15) is 0 Å². The smallest absolute Gasteiger partial charge is 0.272 e. The summed E-state index contributed by atoms with van der Waals surface area (Å²) in [7, 11) is 1.58. The highest BCUT2D eigenvalue weighted by Gasteiger charge is 2.17. The van der Waals surface area contributed by atoms with Crippen molar-refractivity contribution >= 4 is 11.6 Å². The van der Waals surface area contributed by atoms with Gasteiger partial charge in [0.1, 0.15) is 0 Å². The average Bonchev–Trinajstić information content (AvgIpc) is 2.26. The molecule has 0 aliphatic heterocycles. The minimum Gasteiger partial charge on any atom is -0.392 e. The Morgan fingerprint density at radius 2 is 2.17 bits per heavy atom. The summed E-state index contributed by atoms with van der Waals surface area (Å²) in [4.78, 5) is 23.5. The molecule has 0 saturated carbocycles. The van der Waals surface area contributed by atoms with E-state index < -0.39 is 11.0 Å². The van der Waals surface area contributed by atoms with Crippen LogP contribution in [0.5, 0.6) is 0 Å². The molecule has 98 valence electrons. The Labute approximate surface area is 105 Å². The monoisotopic (exact) mass is 252 g/mol. The van der Waals surface area contributed by atoms with E-state index in [1.807, 2.05) is 0 Å². The number of nitro benzene ring substituents is 1. The van der Waals surface area contributed by atoms with Crippen LogP contribution >= 0.6 is 0 Å². The van der Waals surface area contributed by atoms with Crippen LogP contribution in [0.15, 0.2) is 18.2 Å². The molecule has 1 amide bonds. The van der Waals surface area contributed by atoms with Gasteiger partial charge in [0.15, 0.2) is 0 Å². The number of rotatable bonds is 4. The SMILES string of the molecule is Cc1cc(C(=O)N(C)CC(C)O)ccc1[N+](=O)[O-]. The molecule has 0 aliphatic rings. The summed E-state index contributed by atoms with van der Waals surface area (Å²) in [6.07, 6.45) is -0.613. The van der Waals surface area contributed by atoms with E-state index in [9.17, 15) is 20.0 Å².